The molecule has 0 spiro atoms. The van der Waals surface area contributed by atoms with Gasteiger partial charge in [-0.2, -0.15) is 0 Å². The first-order chi connectivity index (χ1) is 12.5. The molecular weight excluding hydrogens is 376 g/mol. The molecule has 26 heavy (non-hydrogen) atoms. The van der Waals surface area contributed by atoms with Gasteiger partial charge >= 0.3 is 0 Å². The third-order valence-electron chi connectivity index (χ3n) is 3.70. The summed E-state index contributed by atoms with van der Waals surface area (Å²) in [6.07, 6.45) is 1.61. The number of benzene rings is 1. The van der Waals surface area contributed by atoms with Crippen molar-refractivity contribution in [1.29, 1.82) is 0 Å². The molecule has 0 aliphatic heterocycles. The molecule has 1 aromatic carbocycles. The summed E-state index contributed by atoms with van der Waals surface area (Å²) in [4.78, 5) is 12.2. The smallest absolute Gasteiger partial charge is 0.234 e. The summed E-state index contributed by atoms with van der Waals surface area (Å²) in [7, 11) is 3.39. The van der Waals surface area contributed by atoms with Crippen molar-refractivity contribution in [2.45, 2.75) is 12.1 Å². The van der Waals surface area contributed by atoms with Crippen LogP contribution in [-0.4, -0.2) is 33.5 Å². The van der Waals surface area contributed by atoms with Crippen LogP contribution in [0.5, 0.6) is 5.75 Å². The summed E-state index contributed by atoms with van der Waals surface area (Å²) in [5.41, 5.74) is 1.48. The van der Waals surface area contributed by atoms with E-state index in [9.17, 15) is 4.79 Å². The minimum Gasteiger partial charge on any atom is -0.495 e. The first-order valence-electron chi connectivity index (χ1n) is 7.69. The van der Waals surface area contributed by atoms with Gasteiger partial charge in [-0.05, 0) is 31.2 Å². The first-order valence-corrected chi connectivity index (χ1v) is 9.06. The number of carbonyl (C=O) groups is 1. The highest BCUT2D eigenvalue weighted by Crippen LogP contribution is 2.28. The maximum absolute atomic E-state index is 12.2. The number of carbonyl (C=O) groups excluding carboxylic acids is 1. The average Bonchev–Trinajstić information content (AvgIpc) is 3.18. The molecule has 0 unspecified atom stereocenters. The number of methoxy groups -OCH3 is 1. The summed E-state index contributed by atoms with van der Waals surface area (Å²) in [5.74, 6) is 2.05. The number of thioether (sulfide) groups is 1. The van der Waals surface area contributed by atoms with Gasteiger partial charge < -0.3 is 19.0 Å². The molecular formula is C17H17ClN4O3S. The van der Waals surface area contributed by atoms with Crippen molar-refractivity contribution in [3.05, 3.63) is 41.3 Å². The van der Waals surface area contributed by atoms with Crippen molar-refractivity contribution in [2.24, 2.45) is 7.05 Å². The van der Waals surface area contributed by atoms with Crippen LogP contribution >= 0.6 is 23.4 Å². The van der Waals surface area contributed by atoms with Crippen LogP contribution in [0.15, 0.2) is 40.1 Å². The third kappa shape index (κ3) is 3.86. The van der Waals surface area contributed by atoms with E-state index in [1.54, 1.807) is 24.5 Å². The Balaban J connectivity index is 1.62. The predicted molar refractivity (Wildman–Crippen MR) is 101 cm³/mol. The second kappa shape index (κ2) is 7.84. The first kappa shape index (κ1) is 18.3. The zero-order chi connectivity index (χ0) is 18.7. The fourth-order valence-corrected chi connectivity index (χ4v) is 3.33. The van der Waals surface area contributed by atoms with Crippen molar-refractivity contribution >= 4 is 35.0 Å². The summed E-state index contributed by atoms with van der Waals surface area (Å²) in [5, 5.41) is 12.2. The number of furan rings is 1. The lowest BCUT2D eigenvalue weighted by atomic mass is 10.2. The molecule has 2 heterocycles. The minimum atomic E-state index is -0.166. The topological polar surface area (TPSA) is 82.2 Å². The van der Waals surface area contributed by atoms with Crippen LogP contribution < -0.4 is 10.1 Å². The number of rotatable bonds is 6. The molecule has 136 valence electrons. The normalized spacial score (nSPS) is 10.8. The number of nitrogens with one attached hydrogen (secondary N) is 1. The second-order valence-electron chi connectivity index (χ2n) is 5.44. The van der Waals surface area contributed by atoms with Crippen molar-refractivity contribution < 1.29 is 13.9 Å². The number of amides is 1. The lowest BCUT2D eigenvalue weighted by Crippen LogP contribution is -2.14. The van der Waals surface area contributed by atoms with Gasteiger partial charge in [0.25, 0.3) is 0 Å². The molecule has 2 aromatic heterocycles. The lowest BCUT2D eigenvalue weighted by molar-refractivity contribution is -0.113. The number of hydrogen-bond donors (Lipinski definition) is 1. The van der Waals surface area contributed by atoms with E-state index in [2.05, 4.69) is 15.5 Å². The van der Waals surface area contributed by atoms with Gasteiger partial charge in [0.15, 0.2) is 11.0 Å². The largest absolute Gasteiger partial charge is 0.495 e. The van der Waals surface area contributed by atoms with Gasteiger partial charge in [0.1, 0.15) is 11.5 Å². The van der Waals surface area contributed by atoms with Gasteiger partial charge in [-0.15, -0.1) is 10.2 Å². The maximum atomic E-state index is 12.2. The monoisotopic (exact) mass is 392 g/mol. The molecule has 1 N–H and O–H groups in total. The predicted octanol–water partition coefficient (Wildman–Crippen LogP) is 3.78. The van der Waals surface area contributed by atoms with Crippen LogP contribution in [0, 0.1) is 6.92 Å². The minimum absolute atomic E-state index is 0.166. The van der Waals surface area contributed by atoms with Crippen LogP contribution in [0.25, 0.3) is 11.4 Å². The Bertz CT molecular complexity index is 938. The number of aryl methyl sites for hydroxylation is 1. The Morgan fingerprint density at radius 2 is 2.19 bits per heavy atom. The molecule has 3 aromatic rings. The fourth-order valence-electron chi connectivity index (χ4n) is 2.36. The molecule has 9 heteroatoms. The molecule has 3 rings (SSSR count). The van der Waals surface area contributed by atoms with E-state index in [4.69, 9.17) is 20.8 Å². The molecule has 0 bridgehead atoms. The highest BCUT2D eigenvalue weighted by Gasteiger charge is 2.16. The SMILES string of the molecule is COc1ccc(NC(=O)CSc2nnc(-c3ccoc3C)n2C)cc1Cl. The van der Waals surface area contributed by atoms with E-state index < -0.39 is 0 Å². The Hall–Kier alpha value is -2.45. The number of anilines is 1. The Morgan fingerprint density at radius 3 is 2.85 bits per heavy atom. The molecule has 7 nitrogen and oxygen atoms in total. The average molecular weight is 393 g/mol. The fraction of sp³-hybridized carbons (Fsp3) is 0.235. The number of nitrogens with zero attached hydrogens (tertiary/aromatic N) is 3. The molecule has 0 fully saturated rings. The highest BCUT2D eigenvalue weighted by atomic mass is 35.5. The lowest BCUT2D eigenvalue weighted by Gasteiger charge is -2.08. The quantitative estimate of drug-likeness (QED) is 0.643. The standard InChI is InChI=1S/C17H17ClN4O3S/c1-10-12(6-7-25-10)16-20-21-17(22(16)2)26-9-15(23)19-11-4-5-14(24-3)13(18)8-11/h4-8H,9H2,1-3H3,(H,19,23). The highest BCUT2D eigenvalue weighted by molar-refractivity contribution is 7.99. The van der Waals surface area contributed by atoms with E-state index in [0.29, 0.717) is 27.4 Å². The van der Waals surface area contributed by atoms with Gasteiger partial charge in [0, 0.05) is 12.7 Å². The van der Waals surface area contributed by atoms with Gasteiger partial charge in [-0.25, -0.2) is 0 Å². The Labute approximate surface area is 159 Å². The van der Waals surface area contributed by atoms with E-state index in [1.165, 1.54) is 18.9 Å². The van der Waals surface area contributed by atoms with Gasteiger partial charge in [-0.1, -0.05) is 23.4 Å². The molecule has 0 radical (unpaired) electrons. The second-order valence-corrected chi connectivity index (χ2v) is 6.79. The zero-order valence-corrected chi connectivity index (χ0v) is 16.0. The van der Waals surface area contributed by atoms with E-state index in [0.717, 1.165) is 11.3 Å². The molecule has 0 aliphatic carbocycles. The van der Waals surface area contributed by atoms with Crippen LogP contribution in [0.2, 0.25) is 5.02 Å². The van der Waals surface area contributed by atoms with Crippen molar-refractivity contribution in [3.8, 4) is 17.1 Å². The zero-order valence-electron chi connectivity index (χ0n) is 14.4. The van der Waals surface area contributed by atoms with E-state index in [-0.39, 0.29) is 11.7 Å². The number of aromatic nitrogens is 3. The van der Waals surface area contributed by atoms with Crippen molar-refractivity contribution in [1.82, 2.24) is 14.8 Å². The van der Waals surface area contributed by atoms with E-state index >= 15 is 0 Å². The van der Waals surface area contributed by atoms with Gasteiger partial charge in [0.2, 0.25) is 5.91 Å². The Kier molecular flexibility index (Phi) is 5.53. The summed E-state index contributed by atoms with van der Waals surface area (Å²) >= 11 is 7.36. The summed E-state index contributed by atoms with van der Waals surface area (Å²) < 4.78 is 12.2. The number of hydrogen-bond acceptors (Lipinski definition) is 6. The van der Waals surface area contributed by atoms with Crippen molar-refractivity contribution in [2.75, 3.05) is 18.2 Å². The summed E-state index contributed by atoms with van der Waals surface area (Å²) in [6, 6.07) is 6.92. The Morgan fingerprint density at radius 1 is 1.38 bits per heavy atom. The number of halogens is 1. The van der Waals surface area contributed by atoms with Crippen LogP contribution in [0.1, 0.15) is 5.76 Å². The molecule has 0 atom stereocenters. The van der Waals surface area contributed by atoms with Crippen LogP contribution in [-0.2, 0) is 11.8 Å². The summed E-state index contributed by atoms with van der Waals surface area (Å²) in [6.45, 7) is 1.87. The van der Waals surface area contributed by atoms with Crippen LogP contribution in [0.4, 0.5) is 5.69 Å². The van der Waals surface area contributed by atoms with Gasteiger partial charge in [0.05, 0.1) is 29.7 Å². The van der Waals surface area contributed by atoms with Crippen LogP contribution in [0.3, 0.4) is 0 Å². The maximum Gasteiger partial charge on any atom is 0.234 e. The number of ether oxygens (including phenoxy) is 1. The van der Waals surface area contributed by atoms with E-state index in [1.807, 2.05) is 24.6 Å². The van der Waals surface area contributed by atoms with Crippen molar-refractivity contribution in [3.63, 3.8) is 0 Å². The molecule has 1 amide bonds. The molecule has 0 saturated carbocycles. The molecule has 0 saturated heterocycles. The third-order valence-corrected chi connectivity index (χ3v) is 5.02. The van der Waals surface area contributed by atoms with Gasteiger partial charge in [-0.3, -0.25) is 4.79 Å². The molecule has 0 aliphatic rings.